The molecule has 4 nitrogen and oxygen atoms in total. The monoisotopic (exact) mass is 353 g/mol. The molecule has 2 fully saturated rings. The number of carbonyl (C=O) groups excluding carboxylic acids is 1. The van der Waals surface area contributed by atoms with E-state index in [0.29, 0.717) is 5.69 Å². The molecule has 1 aliphatic heterocycles. The molecule has 2 aliphatic rings. The maximum atomic E-state index is 13.4. The lowest BCUT2D eigenvalue weighted by atomic mass is 10.0. The van der Waals surface area contributed by atoms with Crippen LogP contribution in [-0.2, 0) is 0 Å². The summed E-state index contributed by atoms with van der Waals surface area (Å²) in [6.45, 7) is 3.29. The summed E-state index contributed by atoms with van der Waals surface area (Å²) in [7, 11) is 0. The molecule has 1 heterocycles. The van der Waals surface area contributed by atoms with E-state index in [2.05, 4.69) is 15.5 Å². The zero-order chi connectivity index (χ0) is 16.9. The minimum atomic E-state index is -0.533. The van der Waals surface area contributed by atoms with Crippen LogP contribution in [-0.4, -0.2) is 36.6 Å². The van der Waals surface area contributed by atoms with E-state index in [9.17, 15) is 9.18 Å². The highest BCUT2D eigenvalue weighted by Gasteiger charge is 2.24. The number of carbonyl (C=O) groups is 1. The number of likely N-dealkylation sites (tertiary alicyclic amines) is 1. The van der Waals surface area contributed by atoms with Gasteiger partial charge in [0.25, 0.3) is 0 Å². The Balaban J connectivity index is 1.40. The number of nitrogens with one attached hydrogen (secondary N) is 2. The average molecular weight is 354 g/mol. The van der Waals surface area contributed by atoms with Crippen LogP contribution in [0.25, 0.3) is 0 Å². The molecule has 1 aromatic carbocycles. The Morgan fingerprint density at radius 1 is 1.21 bits per heavy atom. The molecule has 0 aromatic heterocycles. The first kappa shape index (κ1) is 17.5. The first-order chi connectivity index (χ1) is 11.6. The molecule has 1 saturated heterocycles. The summed E-state index contributed by atoms with van der Waals surface area (Å²) in [6.07, 6.45) is 7.45. The van der Waals surface area contributed by atoms with E-state index >= 15 is 0 Å². The van der Waals surface area contributed by atoms with Gasteiger partial charge in [0.15, 0.2) is 0 Å². The minimum Gasteiger partial charge on any atom is -0.335 e. The normalized spacial score (nSPS) is 20.2. The number of hydrogen-bond donors (Lipinski definition) is 2. The van der Waals surface area contributed by atoms with Crippen molar-refractivity contribution in [3.8, 4) is 0 Å². The van der Waals surface area contributed by atoms with Gasteiger partial charge in [-0.3, -0.25) is 0 Å². The molecular formula is C18H25ClFN3O. The molecule has 0 atom stereocenters. The first-order valence-electron chi connectivity index (χ1n) is 8.85. The summed E-state index contributed by atoms with van der Waals surface area (Å²) < 4.78 is 13.4. The fourth-order valence-corrected chi connectivity index (χ4v) is 3.86. The van der Waals surface area contributed by atoms with Crippen LogP contribution in [0.3, 0.4) is 0 Å². The van der Waals surface area contributed by atoms with Crippen molar-refractivity contribution in [3.63, 3.8) is 0 Å². The third-order valence-electron chi connectivity index (χ3n) is 5.09. The molecule has 6 heteroatoms. The second kappa shape index (κ2) is 8.17. The third-order valence-corrected chi connectivity index (χ3v) is 5.40. The quantitative estimate of drug-likeness (QED) is 0.849. The van der Waals surface area contributed by atoms with Crippen molar-refractivity contribution in [3.05, 3.63) is 29.0 Å². The van der Waals surface area contributed by atoms with Gasteiger partial charge in [-0.25, -0.2) is 9.18 Å². The Morgan fingerprint density at radius 3 is 2.58 bits per heavy atom. The van der Waals surface area contributed by atoms with Crippen molar-refractivity contribution in [2.75, 3.05) is 25.0 Å². The summed E-state index contributed by atoms with van der Waals surface area (Å²) >= 11 is 5.64. The Morgan fingerprint density at radius 2 is 1.92 bits per heavy atom. The average Bonchev–Trinajstić information content (AvgIpc) is 3.06. The van der Waals surface area contributed by atoms with E-state index < -0.39 is 5.82 Å². The van der Waals surface area contributed by atoms with E-state index in [1.54, 1.807) is 6.07 Å². The van der Waals surface area contributed by atoms with E-state index in [1.165, 1.54) is 44.4 Å². The van der Waals surface area contributed by atoms with Crippen LogP contribution < -0.4 is 10.6 Å². The summed E-state index contributed by atoms with van der Waals surface area (Å²) in [5.74, 6) is 0.340. The van der Waals surface area contributed by atoms with Gasteiger partial charge in [-0.15, -0.1) is 0 Å². The fourth-order valence-electron chi connectivity index (χ4n) is 3.74. The van der Waals surface area contributed by atoms with E-state index in [4.69, 9.17) is 11.6 Å². The second-order valence-electron chi connectivity index (χ2n) is 6.95. The van der Waals surface area contributed by atoms with Gasteiger partial charge in [0.2, 0.25) is 0 Å². The van der Waals surface area contributed by atoms with Gasteiger partial charge < -0.3 is 15.5 Å². The van der Waals surface area contributed by atoms with Crippen LogP contribution in [0, 0.1) is 11.7 Å². The first-order valence-corrected chi connectivity index (χ1v) is 9.23. The molecule has 0 unspecified atom stereocenters. The Labute approximate surface area is 147 Å². The summed E-state index contributed by atoms with van der Waals surface area (Å²) in [5.41, 5.74) is 0.410. The molecule has 2 N–H and O–H groups in total. The summed E-state index contributed by atoms with van der Waals surface area (Å²) in [4.78, 5) is 14.6. The minimum absolute atomic E-state index is 0.0515. The lowest BCUT2D eigenvalue weighted by molar-refractivity contribution is 0.173. The molecule has 24 heavy (non-hydrogen) atoms. The molecule has 132 valence electrons. The largest absolute Gasteiger partial charge is 0.335 e. The third kappa shape index (κ3) is 4.84. The van der Waals surface area contributed by atoms with Crippen molar-refractivity contribution >= 4 is 23.3 Å². The van der Waals surface area contributed by atoms with Crippen LogP contribution in [0.1, 0.15) is 38.5 Å². The molecule has 1 saturated carbocycles. The van der Waals surface area contributed by atoms with Gasteiger partial charge >= 0.3 is 6.03 Å². The lowest BCUT2D eigenvalue weighted by Gasteiger charge is -2.33. The molecule has 0 spiro atoms. The van der Waals surface area contributed by atoms with E-state index in [-0.39, 0.29) is 17.1 Å². The molecule has 2 amide bonds. The van der Waals surface area contributed by atoms with Gasteiger partial charge in [-0.2, -0.15) is 0 Å². The topological polar surface area (TPSA) is 44.4 Å². The number of anilines is 1. The van der Waals surface area contributed by atoms with Gasteiger partial charge in [-0.1, -0.05) is 24.4 Å². The van der Waals surface area contributed by atoms with Crippen molar-refractivity contribution in [1.29, 1.82) is 0 Å². The standard InChI is InChI=1S/C18H25ClFN3O/c19-16-6-5-15(11-17(16)20)22-18(24)21-14-7-9-23(10-8-14)12-13-3-1-2-4-13/h5-6,11,13-14H,1-4,7-10,12H2,(H2,21,22,24). The Bertz CT molecular complexity index is 569. The number of piperidine rings is 1. The molecule has 0 radical (unpaired) electrons. The fraction of sp³-hybridized carbons (Fsp3) is 0.611. The highest BCUT2D eigenvalue weighted by molar-refractivity contribution is 6.30. The van der Waals surface area contributed by atoms with Crippen LogP contribution >= 0.6 is 11.6 Å². The van der Waals surface area contributed by atoms with Crippen LogP contribution in [0.4, 0.5) is 14.9 Å². The van der Waals surface area contributed by atoms with E-state index in [1.807, 2.05) is 0 Å². The number of urea groups is 1. The molecule has 1 aromatic rings. The molecule has 3 rings (SSSR count). The number of amides is 2. The zero-order valence-corrected chi connectivity index (χ0v) is 14.6. The van der Waals surface area contributed by atoms with Crippen molar-refractivity contribution in [2.24, 2.45) is 5.92 Å². The number of rotatable bonds is 4. The SMILES string of the molecule is O=C(Nc1ccc(Cl)c(F)c1)NC1CCN(CC2CCCC2)CC1. The highest BCUT2D eigenvalue weighted by atomic mass is 35.5. The number of nitrogens with zero attached hydrogens (tertiary/aromatic N) is 1. The predicted octanol–water partition coefficient (Wildman–Crippen LogP) is 4.26. The van der Waals surface area contributed by atoms with Crippen molar-refractivity contribution in [1.82, 2.24) is 10.2 Å². The second-order valence-corrected chi connectivity index (χ2v) is 7.36. The van der Waals surface area contributed by atoms with Crippen LogP contribution in [0.15, 0.2) is 18.2 Å². The van der Waals surface area contributed by atoms with E-state index in [0.717, 1.165) is 31.8 Å². The van der Waals surface area contributed by atoms with Crippen molar-refractivity contribution in [2.45, 2.75) is 44.6 Å². The number of benzene rings is 1. The smallest absolute Gasteiger partial charge is 0.319 e. The lowest BCUT2D eigenvalue weighted by Crippen LogP contribution is -2.46. The summed E-state index contributed by atoms with van der Waals surface area (Å²) in [5, 5.41) is 5.70. The zero-order valence-electron chi connectivity index (χ0n) is 13.9. The van der Waals surface area contributed by atoms with Crippen LogP contribution in [0.2, 0.25) is 5.02 Å². The van der Waals surface area contributed by atoms with Gasteiger partial charge in [0, 0.05) is 31.4 Å². The molecule has 0 bridgehead atoms. The highest BCUT2D eigenvalue weighted by Crippen LogP contribution is 2.26. The van der Waals surface area contributed by atoms with Gasteiger partial charge in [-0.05, 0) is 49.8 Å². The Hall–Kier alpha value is -1.33. The molecule has 1 aliphatic carbocycles. The molecular weight excluding hydrogens is 329 g/mol. The van der Waals surface area contributed by atoms with Gasteiger partial charge in [0.05, 0.1) is 5.02 Å². The van der Waals surface area contributed by atoms with Gasteiger partial charge in [0.1, 0.15) is 5.82 Å². The number of halogens is 2. The summed E-state index contributed by atoms with van der Waals surface area (Å²) in [6, 6.07) is 4.16. The maximum Gasteiger partial charge on any atom is 0.319 e. The Kier molecular flexibility index (Phi) is 5.95. The predicted molar refractivity (Wildman–Crippen MR) is 95.0 cm³/mol. The number of hydrogen-bond acceptors (Lipinski definition) is 2. The maximum absolute atomic E-state index is 13.4. The van der Waals surface area contributed by atoms with Crippen LogP contribution in [0.5, 0.6) is 0 Å². The van der Waals surface area contributed by atoms with Crippen molar-refractivity contribution < 1.29 is 9.18 Å².